The molecular weight excluding hydrogens is 320 g/mol. The van der Waals surface area contributed by atoms with Crippen LogP contribution in [0.25, 0.3) is 0 Å². The number of nitrogens with one attached hydrogen (secondary N) is 1. The third-order valence-electron chi connectivity index (χ3n) is 5.34. The van der Waals surface area contributed by atoms with Crippen molar-refractivity contribution in [3.63, 3.8) is 0 Å². The van der Waals surface area contributed by atoms with E-state index < -0.39 is 0 Å². The van der Waals surface area contributed by atoms with Crippen LogP contribution in [0.4, 0.5) is 0 Å². The highest BCUT2D eigenvalue weighted by Gasteiger charge is 2.39. The molecule has 1 aromatic rings. The van der Waals surface area contributed by atoms with Crippen LogP contribution in [0, 0.1) is 11.8 Å². The van der Waals surface area contributed by atoms with Crippen LogP contribution in [-0.2, 0) is 6.54 Å². The van der Waals surface area contributed by atoms with Gasteiger partial charge in [0, 0.05) is 19.6 Å². The maximum absolute atomic E-state index is 5.62. The Hall–Kier alpha value is -1.49. The molecule has 0 heterocycles. The predicted octanol–water partition coefficient (Wildman–Crippen LogP) is 3.59. The molecule has 4 nitrogen and oxygen atoms in total. The van der Waals surface area contributed by atoms with E-state index in [-0.39, 0.29) is 0 Å². The Morgan fingerprint density at radius 2 is 2.12 bits per heavy atom. The Bertz CT molecular complexity index is 593. The Labute approximate surface area is 150 Å². The van der Waals surface area contributed by atoms with Crippen LogP contribution in [0.1, 0.15) is 38.2 Å². The monoisotopic (exact) mass is 348 g/mol. The number of fused-ring (bicyclic) bond motifs is 2. The predicted molar refractivity (Wildman–Crippen MR) is 101 cm³/mol. The fraction of sp³-hybridized carbons (Fsp3) is 0.632. The third kappa shape index (κ3) is 3.77. The van der Waals surface area contributed by atoms with E-state index in [0.717, 1.165) is 40.6 Å². The van der Waals surface area contributed by atoms with E-state index >= 15 is 0 Å². The van der Waals surface area contributed by atoms with Crippen molar-refractivity contribution in [3.8, 4) is 11.5 Å². The van der Waals surface area contributed by atoms with Gasteiger partial charge in [-0.3, -0.25) is 0 Å². The Morgan fingerprint density at radius 1 is 1.29 bits per heavy atom. The molecule has 0 saturated heterocycles. The van der Waals surface area contributed by atoms with Gasteiger partial charge in [0.15, 0.2) is 16.6 Å². The fourth-order valence-electron chi connectivity index (χ4n) is 4.12. The molecule has 0 spiro atoms. The molecule has 0 aromatic heterocycles. The van der Waals surface area contributed by atoms with Gasteiger partial charge in [-0.2, -0.15) is 0 Å². The molecule has 0 unspecified atom stereocenters. The number of hydrogen-bond donors (Lipinski definition) is 1. The average Bonchev–Trinajstić information content (AvgIpc) is 3.19. The van der Waals surface area contributed by atoms with E-state index in [1.54, 1.807) is 7.11 Å². The van der Waals surface area contributed by atoms with Crippen LogP contribution in [-0.4, -0.2) is 36.8 Å². The summed E-state index contributed by atoms with van der Waals surface area (Å²) in [6.45, 7) is 3.36. The van der Waals surface area contributed by atoms with Crippen LogP contribution in [0.2, 0.25) is 0 Å². The first kappa shape index (κ1) is 17.3. The SMILES string of the molecule is CCOc1ccc(CN(C)C(=S)N[C@H]2C[C@H]3CC[C@H]2C3)cc1OC. The molecule has 2 aliphatic rings. The minimum absolute atomic E-state index is 0.577. The molecule has 2 aliphatic carbocycles. The molecule has 2 saturated carbocycles. The highest BCUT2D eigenvalue weighted by molar-refractivity contribution is 7.80. The first-order chi connectivity index (χ1) is 11.6. The van der Waals surface area contributed by atoms with Crippen molar-refractivity contribution < 1.29 is 9.47 Å². The minimum atomic E-state index is 0.577. The summed E-state index contributed by atoms with van der Waals surface area (Å²) in [4.78, 5) is 2.11. The van der Waals surface area contributed by atoms with Gasteiger partial charge < -0.3 is 19.7 Å². The lowest BCUT2D eigenvalue weighted by Gasteiger charge is -2.28. The van der Waals surface area contributed by atoms with Crippen LogP contribution >= 0.6 is 12.2 Å². The molecule has 24 heavy (non-hydrogen) atoms. The molecule has 2 fully saturated rings. The summed E-state index contributed by atoms with van der Waals surface area (Å²) < 4.78 is 11.0. The minimum Gasteiger partial charge on any atom is -0.493 e. The molecule has 132 valence electrons. The van der Waals surface area contributed by atoms with Gasteiger partial charge >= 0.3 is 0 Å². The second-order valence-electron chi connectivity index (χ2n) is 7.01. The van der Waals surface area contributed by atoms with Crippen LogP contribution in [0.5, 0.6) is 11.5 Å². The summed E-state index contributed by atoms with van der Waals surface area (Å²) in [6.07, 6.45) is 5.46. The highest BCUT2D eigenvalue weighted by Crippen LogP contribution is 2.44. The molecule has 2 bridgehead atoms. The van der Waals surface area contributed by atoms with Gasteiger partial charge in [0.1, 0.15) is 0 Å². The number of methoxy groups -OCH3 is 1. The van der Waals surface area contributed by atoms with Crippen molar-refractivity contribution in [2.45, 2.75) is 45.2 Å². The zero-order valence-corrected chi connectivity index (χ0v) is 15.7. The molecule has 0 radical (unpaired) electrons. The third-order valence-corrected chi connectivity index (χ3v) is 5.77. The van der Waals surface area contributed by atoms with Crippen molar-refractivity contribution in [3.05, 3.63) is 23.8 Å². The second kappa shape index (κ2) is 7.60. The standard InChI is InChI=1S/C19H28N2O2S/c1-4-23-17-8-6-14(11-18(17)22-3)12-21(2)19(24)20-16-10-13-5-7-15(16)9-13/h6,8,11,13,15-16H,4-5,7,9-10,12H2,1-3H3,(H,20,24)/t13-,15-,16-/m0/s1. The summed E-state index contributed by atoms with van der Waals surface area (Å²) in [5.41, 5.74) is 1.16. The summed E-state index contributed by atoms with van der Waals surface area (Å²) in [6, 6.07) is 6.65. The van der Waals surface area contributed by atoms with Crippen molar-refractivity contribution in [2.24, 2.45) is 11.8 Å². The molecule has 0 amide bonds. The van der Waals surface area contributed by atoms with Gasteiger partial charge in [0.25, 0.3) is 0 Å². The molecule has 5 heteroatoms. The van der Waals surface area contributed by atoms with Crippen molar-refractivity contribution in [2.75, 3.05) is 20.8 Å². The normalized spacial score (nSPS) is 24.7. The number of nitrogens with zero attached hydrogens (tertiary/aromatic N) is 1. The largest absolute Gasteiger partial charge is 0.493 e. The molecule has 1 N–H and O–H groups in total. The lowest BCUT2D eigenvalue weighted by Crippen LogP contribution is -2.44. The molecule has 3 rings (SSSR count). The van der Waals surface area contributed by atoms with Gasteiger partial charge in [-0.1, -0.05) is 12.5 Å². The molecule has 3 atom stereocenters. The topological polar surface area (TPSA) is 33.7 Å². The van der Waals surface area contributed by atoms with Crippen LogP contribution < -0.4 is 14.8 Å². The fourth-order valence-corrected chi connectivity index (χ4v) is 4.34. The Morgan fingerprint density at radius 3 is 2.75 bits per heavy atom. The van der Waals surface area contributed by atoms with Gasteiger partial charge in [-0.05, 0) is 67.9 Å². The van der Waals surface area contributed by atoms with Crippen molar-refractivity contribution in [1.82, 2.24) is 10.2 Å². The number of hydrogen-bond acceptors (Lipinski definition) is 3. The zero-order chi connectivity index (χ0) is 17.1. The maximum Gasteiger partial charge on any atom is 0.169 e. The van der Waals surface area contributed by atoms with Gasteiger partial charge in [0.05, 0.1) is 13.7 Å². The van der Waals surface area contributed by atoms with Gasteiger partial charge in [-0.15, -0.1) is 0 Å². The van der Waals surface area contributed by atoms with E-state index in [2.05, 4.69) is 16.3 Å². The molecule has 0 aliphatic heterocycles. The molecule has 1 aromatic carbocycles. The second-order valence-corrected chi connectivity index (χ2v) is 7.39. The van der Waals surface area contributed by atoms with E-state index in [9.17, 15) is 0 Å². The number of ether oxygens (including phenoxy) is 2. The van der Waals surface area contributed by atoms with Crippen molar-refractivity contribution in [1.29, 1.82) is 0 Å². The van der Waals surface area contributed by atoms with E-state index in [0.29, 0.717) is 12.6 Å². The van der Waals surface area contributed by atoms with Gasteiger partial charge in [-0.25, -0.2) is 0 Å². The first-order valence-corrected chi connectivity index (χ1v) is 9.32. The quantitative estimate of drug-likeness (QED) is 0.795. The van der Waals surface area contributed by atoms with E-state index in [1.165, 1.54) is 25.7 Å². The van der Waals surface area contributed by atoms with E-state index in [1.807, 2.05) is 26.1 Å². The zero-order valence-electron chi connectivity index (χ0n) is 14.9. The van der Waals surface area contributed by atoms with E-state index in [4.69, 9.17) is 21.7 Å². The highest BCUT2D eigenvalue weighted by atomic mass is 32.1. The number of rotatable bonds is 6. The smallest absolute Gasteiger partial charge is 0.169 e. The average molecular weight is 349 g/mol. The summed E-state index contributed by atoms with van der Waals surface area (Å²) in [7, 11) is 3.72. The Kier molecular flexibility index (Phi) is 5.49. The maximum atomic E-state index is 5.62. The Balaban J connectivity index is 1.57. The summed E-state index contributed by atoms with van der Waals surface area (Å²) >= 11 is 5.62. The van der Waals surface area contributed by atoms with Gasteiger partial charge in [0.2, 0.25) is 0 Å². The summed E-state index contributed by atoms with van der Waals surface area (Å²) in [5.74, 6) is 3.31. The van der Waals surface area contributed by atoms with Crippen LogP contribution in [0.15, 0.2) is 18.2 Å². The number of thiocarbonyl (C=S) groups is 1. The molecular formula is C19H28N2O2S. The lowest BCUT2D eigenvalue weighted by atomic mass is 9.95. The number of benzene rings is 1. The summed E-state index contributed by atoms with van der Waals surface area (Å²) in [5, 5.41) is 4.44. The lowest BCUT2D eigenvalue weighted by molar-refractivity contribution is 0.310. The first-order valence-electron chi connectivity index (χ1n) is 8.92. The van der Waals surface area contributed by atoms with Crippen molar-refractivity contribution >= 4 is 17.3 Å². The van der Waals surface area contributed by atoms with Crippen LogP contribution in [0.3, 0.4) is 0 Å².